The lowest BCUT2D eigenvalue weighted by molar-refractivity contribution is 0.0430. The molecule has 0 aromatic carbocycles. The normalized spacial score (nSPS) is 44.7. The van der Waals surface area contributed by atoms with Gasteiger partial charge in [-0.25, -0.2) is 9.23 Å². The van der Waals surface area contributed by atoms with E-state index < -0.39 is 18.3 Å². The SMILES string of the molecule is OC[C@H]1C[C@@H](NCl)[C@@H](F)[C@@H]1O. The molecule has 0 spiro atoms. The van der Waals surface area contributed by atoms with Gasteiger partial charge in [-0.3, -0.25) is 0 Å². The van der Waals surface area contributed by atoms with Gasteiger partial charge in [0.05, 0.1) is 12.1 Å². The predicted molar refractivity (Wildman–Crippen MR) is 38.9 cm³/mol. The molecule has 0 aliphatic heterocycles. The Labute approximate surface area is 69.3 Å². The monoisotopic (exact) mass is 183 g/mol. The number of hydrogen-bond acceptors (Lipinski definition) is 3. The van der Waals surface area contributed by atoms with Crippen LogP contribution in [0.4, 0.5) is 4.39 Å². The number of alkyl halides is 1. The van der Waals surface area contributed by atoms with Crippen LogP contribution < -0.4 is 4.84 Å². The van der Waals surface area contributed by atoms with Crippen LogP contribution in [-0.4, -0.2) is 35.1 Å². The molecule has 1 saturated carbocycles. The Hall–Kier alpha value is 0.1000. The number of halogens is 2. The molecule has 1 fully saturated rings. The van der Waals surface area contributed by atoms with E-state index in [4.69, 9.17) is 22.0 Å². The van der Waals surface area contributed by atoms with E-state index >= 15 is 0 Å². The summed E-state index contributed by atoms with van der Waals surface area (Å²) in [6.07, 6.45) is -2.08. The Morgan fingerprint density at radius 2 is 2.27 bits per heavy atom. The van der Waals surface area contributed by atoms with Crippen molar-refractivity contribution in [2.24, 2.45) is 5.92 Å². The first-order valence-electron chi connectivity index (χ1n) is 3.50. The standard InChI is InChI=1S/C6H11ClFNO2/c7-9-4-1-3(2-10)6(11)5(4)8/h3-6,9-11H,1-2H2/t3-,4-,5-,6-/m1/s1. The molecule has 4 atom stereocenters. The van der Waals surface area contributed by atoms with E-state index in [1.807, 2.05) is 0 Å². The zero-order valence-electron chi connectivity index (χ0n) is 5.87. The summed E-state index contributed by atoms with van der Waals surface area (Å²) >= 11 is 5.21. The quantitative estimate of drug-likeness (QED) is 0.521. The smallest absolute Gasteiger partial charge is 0.143 e. The topological polar surface area (TPSA) is 52.5 Å². The number of rotatable bonds is 2. The molecule has 3 N–H and O–H groups in total. The van der Waals surface area contributed by atoms with Gasteiger partial charge >= 0.3 is 0 Å². The third kappa shape index (κ3) is 1.64. The van der Waals surface area contributed by atoms with Gasteiger partial charge in [0.1, 0.15) is 6.17 Å². The minimum Gasteiger partial charge on any atom is -0.396 e. The second-order valence-electron chi connectivity index (χ2n) is 2.83. The molecule has 0 unspecified atom stereocenters. The maximum Gasteiger partial charge on any atom is 0.143 e. The van der Waals surface area contributed by atoms with Gasteiger partial charge in [0.15, 0.2) is 0 Å². The fraction of sp³-hybridized carbons (Fsp3) is 1.00. The molecule has 1 rings (SSSR count). The van der Waals surface area contributed by atoms with Crippen LogP contribution in [0.5, 0.6) is 0 Å². The van der Waals surface area contributed by atoms with E-state index in [0.717, 1.165) is 0 Å². The van der Waals surface area contributed by atoms with Gasteiger partial charge in [0.2, 0.25) is 0 Å². The first-order valence-corrected chi connectivity index (χ1v) is 3.87. The van der Waals surface area contributed by atoms with Crippen molar-refractivity contribution in [3.63, 3.8) is 0 Å². The van der Waals surface area contributed by atoms with Crippen LogP contribution in [-0.2, 0) is 0 Å². The van der Waals surface area contributed by atoms with Gasteiger partial charge in [-0.05, 0) is 18.2 Å². The van der Waals surface area contributed by atoms with Crippen molar-refractivity contribution in [2.45, 2.75) is 24.7 Å². The molecular weight excluding hydrogens is 173 g/mol. The molecule has 1 aliphatic rings. The maximum absolute atomic E-state index is 12.9. The number of aliphatic hydroxyl groups is 2. The highest BCUT2D eigenvalue weighted by atomic mass is 35.5. The van der Waals surface area contributed by atoms with Crippen LogP contribution in [0.2, 0.25) is 0 Å². The van der Waals surface area contributed by atoms with E-state index in [-0.39, 0.29) is 12.5 Å². The summed E-state index contributed by atoms with van der Waals surface area (Å²) in [6, 6.07) is -0.538. The molecule has 0 bridgehead atoms. The molecule has 0 amide bonds. The van der Waals surface area contributed by atoms with Gasteiger partial charge in [0.25, 0.3) is 0 Å². The lowest BCUT2D eigenvalue weighted by Crippen LogP contribution is -2.32. The van der Waals surface area contributed by atoms with Crippen molar-refractivity contribution < 1.29 is 14.6 Å². The van der Waals surface area contributed by atoms with Crippen molar-refractivity contribution in [3.05, 3.63) is 0 Å². The Bertz CT molecular complexity index is 120. The molecular formula is C6H11ClFNO2. The van der Waals surface area contributed by atoms with Gasteiger partial charge in [-0.1, -0.05) is 0 Å². The van der Waals surface area contributed by atoms with E-state index in [2.05, 4.69) is 4.84 Å². The van der Waals surface area contributed by atoms with Crippen LogP contribution >= 0.6 is 11.8 Å². The average molecular weight is 184 g/mol. The van der Waals surface area contributed by atoms with Crippen molar-refractivity contribution in [1.29, 1.82) is 0 Å². The summed E-state index contributed by atoms with van der Waals surface area (Å²) in [6.45, 7) is -0.198. The lowest BCUT2D eigenvalue weighted by atomic mass is 10.1. The molecule has 0 radical (unpaired) electrons. The van der Waals surface area contributed by atoms with Crippen LogP contribution in [0.25, 0.3) is 0 Å². The fourth-order valence-corrected chi connectivity index (χ4v) is 1.59. The molecule has 11 heavy (non-hydrogen) atoms. The summed E-state index contributed by atoms with van der Waals surface area (Å²) in [7, 11) is 0. The average Bonchev–Trinajstić information content (AvgIpc) is 2.30. The second kappa shape index (κ2) is 3.67. The van der Waals surface area contributed by atoms with Crippen molar-refractivity contribution in [3.8, 4) is 0 Å². The van der Waals surface area contributed by atoms with E-state index in [0.29, 0.717) is 6.42 Å². The van der Waals surface area contributed by atoms with Gasteiger partial charge in [0, 0.05) is 12.5 Å². The highest BCUT2D eigenvalue weighted by Crippen LogP contribution is 2.28. The lowest BCUT2D eigenvalue weighted by Gasteiger charge is -2.11. The predicted octanol–water partition coefficient (Wildman–Crippen LogP) is -0.190. The fourth-order valence-electron chi connectivity index (χ4n) is 1.38. The Kier molecular flexibility index (Phi) is 3.06. The molecule has 66 valence electrons. The van der Waals surface area contributed by atoms with Crippen molar-refractivity contribution in [1.82, 2.24) is 4.84 Å². The van der Waals surface area contributed by atoms with Crippen molar-refractivity contribution >= 4 is 11.8 Å². The number of hydrogen-bond donors (Lipinski definition) is 3. The Morgan fingerprint density at radius 1 is 1.64 bits per heavy atom. The van der Waals surface area contributed by atoms with Crippen molar-refractivity contribution in [2.75, 3.05) is 6.61 Å². The molecule has 3 nitrogen and oxygen atoms in total. The summed E-state index contributed by atoms with van der Waals surface area (Å²) < 4.78 is 12.9. The number of nitrogens with one attached hydrogen (secondary N) is 1. The van der Waals surface area contributed by atoms with Gasteiger partial charge < -0.3 is 10.2 Å². The summed E-state index contributed by atoms with van der Waals surface area (Å²) in [5.41, 5.74) is 0. The minimum atomic E-state index is -1.37. The Morgan fingerprint density at radius 3 is 2.55 bits per heavy atom. The summed E-state index contributed by atoms with van der Waals surface area (Å²) in [4.78, 5) is 2.23. The Balaban J connectivity index is 2.53. The first-order chi connectivity index (χ1) is 5.20. The third-order valence-corrected chi connectivity index (χ3v) is 2.41. The summed E-state index contributed by atoms with van der Waals surface area (Å²) in [5, 5.41) is 17.8. The minimum absolute atomic E-state index is 0.198. The van der Waals surface area contributed by atoms with Crippen LogP contribution in [0.3, 0.4) is 0 Å². The van der Waals surface area contributed by atoms with E-state index in [9.17, 15) is 4.39 Å². The third-order valence-electron chi connectivity index (χ3n) is 2.12. The molecule has 0 aromatic rings. The second-order valence-corrected chi connectivity index (χ2v) is 3.05. The van der Waals surface area contributed by atoms with Gasteiger partial charge in [-0.2, -0.15) is 0 Å². The zero-order valence-corrected chi connectivity index (χ0v) is 6.63. The van der Waals surface area contributed by atoms with Gasteiger partial charge in [-0.15, -0.1) is 0 Å². The largest absolute Gasteiger partial charge is 0.396 e. The molecule has 0 heterocycles. The highest BCUT2D eigenvalue weighted by molar-refractivity contribution is 6.13. The zero-order chi connectivity index (χ0) is 8.43. The van der Waals surface area contributed by atoms with Crippen LogP contribution in [0, 0.1) is 5.92 Å². The summed E-state index contributed by atoms with van der Waals surface area (Å²) in [5.74, 6) is -0.388. The number of aliphatic hydroxyl groups excluding tert-OH is 2. The highest BCUT2D eigenvalue weighted by Gasteiger charge is 2.42. The molecule has 5 heteroatoms. The molecule has 0 aromatic heterocycles. The first kappa shape index (κ1) is 9.19. The van der Waals surface area contributed by atoms with E-state index in [1.54, 1.807) is 0 Å². The molecule has 1 aliphatic carbocycles. The van der Waals surface area contributed by atoms with Crippen LogP contribution in [0.15, 0.2) is 0 Å². The van der Waals surface area contributed by atoms with Crippen LogP contribution in [0.1, 0.15) is 6.42 Å². The molecule has 0 saturated heterocycles. The van der Waals surface area contributed by atoms with E-state index in [1.165, 1.54) is 0 Å². The maximum atomic E-state index is 12.9.